The van der Waals surface area contributed by atoms with Crippen LogP contribution in [0.1, 0.15) is 12.0 Å². The van der Waals surface area contributed by atoms with Gasteiger partial charge in [0.25, 0.3) is 5.91 Å². The Balaban J connectivity index is 1.79. The van der Waals surface area contributed by atoms with Crippen molar-refractivity contribution in [2.75, 3.05) is 32.1 Å². The molecule has 5 nitrogen and oxygen atoms in total. The molecule has 2 aromatic carbocycles. The van der Waals surface area contributed by atoms with Crippen molar-refractivity contribution < 1.29 is 9.59 Å². The van der Waals surface area contributed by atoms with Crippen molar-refractivity contribution in [1.82, 2.24) is 10.2 Å². The number of nitrogens with one attached hydrogen (secondary N) is 1. The molecule has 0 radical (unpaired) electrons. The standard InChI is InChI=1S/C22H24ClN3O2S/c1-25(2)13-7-12-24-21(27)14-20-22(28)26(15-16-8-3-4-9-17(16)23)18-10-5-6-11-19(18)29-20/h3-6,8-11,14H,7,12-13,15H2,1-2H3,(H,24,27)/b20-14+. The molecule has 29 heavy (non-hydrogen) atoms. The van der Waals surface area contributed by atoms with Crippen molar-refractivity contribution in [3.8, 4) is 0 Å². The Morgan fingerprint density at radius 1 is 1.17 bits per heavy atom. The lowest BCUT2D eigenvalue weighted by atomic mass is 10.1. The molecule has 0 bridgehead atoms. The molecule has 152 valence electrons. The van der Waals surface area contributed by atoms with Crippen LogP contribution in [0.15, 0.2) is 64.4 Å². The van der Waals surface area contributed by atoms with Gasteiger partial charge in [0, 0.05) is 22.5 Å². The van der Waals surface area contributed by atoms with Crippen LogP contribution in [0.5, 0.6) is 0 Å². The minimum absolute atomic E-state index is 0.197. The predicted octanol–water partition coefficient (Wildman–Crippen LogP) is 3.93. The fourth-order valence-electron chi connectivity index (χ4n) is 2.99. The average Bonchev–Trinajstić information content (AvgIpc) is 2.69. The number of nitrogens with zero attached hydrogens (tertiary/aromatic N) is 2. The smallest absolute Gasteiger partial charge is 0.265 e. The van der Waals surface area contributed by atoms with Crippen molar-refractivity contribution in [1.29, 1.82) is 0 Å². The Morgan fingerprint density at radius 3 is 2.66 bits per heavy atom. The second-order valence-corrected chi connectivity index (χ2v) is 8.50. The molecule has 1 heterocycles. The van der Waals surface area contributed by atoms with Gasteiger partial charge in [-0.1, -0.05) is 53.7 Å². The number of halogens is 1. The molecule has 0 unspecified atom stereocenters. The second kappa shape index (κ2) is 9.96. The Labute approximate surface area is 180 Å². The molecule has 2 aromatic rings. The normalized spacial score (nSPS) is 15.0. The number of thioether (sulfide) groups is 1. The number of amides is 2. The third-order valence-corrected chi connectivity index (χ3v) is 5.91. The van der Waals surface area contributed by atoms with Gasteiger partial charge in [0.05, 0.1) is 17.1 Å². The lowest BCUT2D eigenvalue weighted by Crippen LogP contribution is -2.35. The highest BCUT2D eigenvalue weighted by Crippen LogP contribution is 2.42. The van der Waals surface area contributed by atoms with E-state index in [1.807, 2.05) is 62.6 Å². The molecule has 3 rings (SSSR count). The summed E-state index contributed by atoms with van der Waals surface area (Å²) in [5.41, 5.74) is 1.68. The molecular weight excluding hydrogens is 406 g/mol. The van der Waals surface area contributed by atoms with E-state index in [4.69, 9.17) is 11.6 Å². The van der Waals surface area contributed by atoms with Gasteiger partial charge in [-0.2, -0.15) is 0 Å². The zero-order valence-electron chi connectivity index (χ0n) is 16.5. The van der Waals surface area contributed by atoms with Gasteiger partial charge in [0.15, 0.2) is 0 Å². The maximum atomic E-state index is 13.2. The summed E-state index contributed by atoms with van der Waals surface area (Å²) in [6.45, 7) is 1.81. The highest BCUT2D eigenvalue weighted by atomic mass is 35.5. The zero-order valence-corrected chi connectivity index (χ0v) is 18.1. The summed E-state index contributed by atoms with van der Waals surface area (Å²) in [5, 5.41) is 3.47. The number of hydrogen-bond donors (Lipinski definition) is 1. The number of hydrogen-bond acceptors (Lipinski definition) is 4. The van der Waals surface area contributed by atoms with Gasteiger partial charge in [-0.25, -0.2) is 0 Å². The summed E-state index contributed by atoms with van der Waals surface area (Å²) in [7, 11) is 3.98. The van der Waals surface area contributed by atoms with E-state index in [0.29, 0.717) is 23.0 Å². The Hall–Kier alpha value is -2.28. The summed E-state index contributed by atoms with van der Waals surface area (Å²) in [4.78, 5) is 30.6. The highest BCUT2D eigenvalue weighted by molar-refractivity contribution is 8.04. The fourth-order valence-corrected chi connectivity index (χ4v) is 4.22. The van der Waals surface area contributed by atoms with Gasteiger partial charge in [-0.15, -0.1) is 0 Å². The Bertz CT molecular complexity index is 930. The van der Waals surface area contributed by atoms with Crippen molar-refractivity contribution in [2.24, 2.45) is 0 Å². The third kappa shape index (κ3) is 5.63. The van der Waals surface area contributed by atoms with Crippen LogP contribution < -0.4 is 10.2 Å². The summed E-state index contributed by atoms with van der Waals surface area (Å²) < 4.78 is 0. The lowest BCUT2D eigenvalue weighted by molar-refractivity contribution is -0.118. The number of benzene rings is 2. The van der Waals surface area contributed by atoms with E-state index in [2.05, 4.69) is 10.2 Å². The Morgan fingerprint density at radius 2 is 1.90 bits per heavy atom. The van der Waals surface area contributed by atoms with Crippen molar-refractivity contribution in [2.45, 2.75) is 17.9 Å². The topological polar surface area (TPSA) is 52.7 Å². The maximum Gasteiger partial charge on any atom is 0.265 e. The number of carbonyl (C=O) groups is 2. The van der Waals surface area contributed by atoms with Crippen molar-refractivity contribution >= 4 is 40.9 Å². The second-order valence-electron chi connectivity index (χ2n) is 7.01. The first-order valence-electron chi connectivity index (χ1n) is 9.42. The van der Waals surface area contributed by atoms with Crippen molar-refractivity contribution in [3.63, 3.8) is 0 Å². The lowest BCUT2D eigenvalue weighted by Gasteiger charge is -2.30. The molecule has 0 atom stereocenters. The summed E-state index contributed by atoms with van der Waals surface area (Å²) in [6.07, 6.45) is 2.25. The SMILES string of the molecule is CN(C)CCCNC(=O)/C=C1/Sc2ccccc2N(Cc2ccccc2Cl)C1=O. The molecule has 0 spiro atoms. The van der Waals surface area contributed by atoms with Gasteiger partial charge in [0.2, 0.25) is 5.91 Å². The largest absolute Gasteiger partial charge is 0.352 e. The number of para-hydroxylation sites is 1. The molecule has 1 aliphatic heterocycles. The summed E-state index contributed by atoms with van der Waals surface area (Å²) in [5.74, 6) is -0.450. The first-order chi connectivity index (χ1) is 14.0. The van der Waals surface area contributed by atoms with E-state index >= 15 is 0 Å². The van der Waals surface area contributed by atoms with Crippen LogP contribution in [0.25, 0.3) is 0 Å². The van der Waals surface area contributed by atoms with Gasteiger partial charge in [0.1, 0.15) is 0 Å². The van der Waals surface area contributed by atoms with E-state index < -0.39 is 0 Å². The number of rotatable bonds is 7. The van der Waals surface area contributed by atoms with E-state index in [1.54, 1.807) is 4.90 Å². The number of carbonyl (C=O) groups excluding carboxylic acids is 2. The molecule has 2 amide bonds. The molecule has 0 aromatic heterocycles. The predicted molar refractivity (Wildman–Crippen MR) is 119 cm³/mol. The van der Waals surface area contributed by atoms with Crippen LogP contribution in [0.4, 0.5) is 5.69 Å². The van der Waals surface area contributed by atoms with Crippen LogP contribution in [-0.2, 0) is 16.1 Å². The number of anilines is 1. The molecule has 0 saturated heterocycles. The van der Waals surface area contributed by atoms with Crippen LogP contribution >= 0.6 is 23.4 Å². The van der Waals surface area contributed by atoms with E-state index in [1.165, 1.54) is 17.8 Å². The summed E-state index contributed by atoms with van der Waals surface area (Å²) >= 11 is 7.63. The number of fused-ring (bicyclic) bond motifs is 1. The first-order valence-corrected chi connectivity index (χ1v) is 10.6. The van der Waals surface area contributed by atoms with Crippen LogP contribution in [0, 0.1) is 0 Å². The quantitative estimate of drug-likeness (QED) is 0.535. The molecule has 0 fully saturated rings. The molecule has 1 aliphatic rings. The van der Waals surface area contributed by atoms with Gasteiger partial charge in [-0.3, -0.25) is 9.59 Å². The van der Waals surface area contributed by atoms with E-state index in [9.17, 15) is 9.59 Å². The minimum Gasteiger partial charge on any atom is -0.352 e. The van der Waals surface area contributed by atoms with Crippen LogP contribution in [0.3, 0.4) is 0 Å². The average molecular weight is 430 g/mol. The van der Waals surface area contributed by atoms with Crippen molar-refractivity contribution in [3.05, 3.63) is 70.1 Å². The molecule has 7 heteroatoms. The van der Waals surface area contributed by atoms with E-state index in [0.717, 1.165) is 29.1 Å². The van der Waals surface area contributed by atoms with Crippen LogP contribution in [0.2, 0.25) is 5.02 Å². The zero-order chi connectivity index (χ0) is 20.8. The molecule has 1 N–H and O–H groups in total. The maximum absolute atomic E-state index is 13.2. The van der Waals surface area contributed by atoms with Gasteiger partial charge >= 0.3 is 0 Å². The molecule has 0 saturated carbocycles. The molecular formula is C22H24ClN3O2S. The highest BCUT2D eigenvalue weighted by Gasteiger charge is 2.30. The fraction of sp³-hybridized carbons (Fsp3) is 0.273. The summed E-state index contributed by atoms with van der Waals surface area (Å²) in [6, 6.07) is 15.2. The Kier molecular flexibility index (Phi) is 7.36. The first kappa shape index (κ1) is 21.4. The van der Waals surface area contributed by atoms with Gasteiger partial charge < -0.3 is 15.1 Å². The van der Waals surface area contributed by atoms with Crippen LogP contribution in [-0.4, -0.2) is 43.9 Å². The van der Waals surface area contributed by atoms with E-state index in [-0.39, 0.29) is 11.8 Å². The monoisotopic (exact) mass is 429 g/mol. The van der Waals surface area contributed by atoms with Gasteiger partial charge in [-0.05, 0) is 50.8 Å². The minimum atomic E-state index is -0.253. The third-order valence-electron chi connectivity index (χ3n) is 4.46. The molecule has 0 aliphatic carbocycles.